The minimum Gasteiger partial charge on any atom is -0.448 e. The van der Waals surface area contributed by atoms with Crippen LogP contribution in [0.25, 0.3) is 22.1 Å². The van der Waals surface area contributed by atoms with Gasteiger partial charge in [-0.2, -0.15) is 0 Å². The lowest BCUT2D eigenvalue weighted by Gasteiger charge is -2.13. The third kappa shape index (κ3) is 5.51. The van der Waals surface area contributed by atoms with E-state index < -0.39 is 0 Å². The van der Waals surface area contributed by atoms with Crippen molar-refractivity contribution >= 4 is 45.4 Å². The molecule has 0 aliphatic carbocycles. The van der Waals surface area contributed by atoms with Crippen molar-refractivity contribution < 1.29 is 13.9 Å². The highest BCUT2D eigenvalue weighted by molar-refractivity contribution is 7.99. The Kier molecular flexibility index (Phi) is 7.70. The number of aromatic nitrogens is 2. The number of rotatable bonds is 10. The van der Waals surface area contributed by atoms with Crippen molar-refractivity contribution in [2.75, 3.05) is 17.7 Å². The second-order valence-electron chi connectivity index (χ2n) is 8.29. The molecular weight excluding hydrogens is 450 g/mol. The Morgan fingerprint density at radius 3 is 2.68 bits per heavy atom. The van der Waals surface area contributed by atoms with Gasteiger partial charge in [0.25, 0.3) is 5.56 Å². The van der Waals surface area contributed by atoms with E-state index in [4.69, 9.17) is 14.1 Å². The number of anilines is 1. The summed E-state index contributed by atoms with van der Waals surface area (Å²) in [5, 5.41) is 4.19. The number of thioether (sulfide) groups is 1. The van der Waals surface area contributed by atoms with Gasteiger partial charge in [0.05, 0.1) is 11.9 Å². The van der Waals surface area contributed by atoms with E-state index in [1.165, 1.54) is 17.3 Å². The van der Waals surface area contributed by atoms with Crippen LogP contribution >= 0.6 is 11.8 Å². The van der Waals surface area contributed by atoms with Gasteiger partial charge in [0.1, 0.15) is 11.1 Å². The van der Waals surface area contributed by atoms with Gasteiger partial charge in [0, 0.05) is 24.2 Å². The average Bonchev–Trinajstić information content (AvgIpc) is 3.21. The summed E-state index contributed by atoms with van der Waals surface area (Å²) in [6, 6.07) is 15.2. The van der Waals surface area contributed by atoms with E-state index in [-0.39, 0.29) is 28.9 Å². The number of fused-ring (bicyclic) bond motifs is 3. The first-order chi connectivity index (χ1) is 16.5. The minimum absolute atomic E-state index is 0.122. The normalized spacial score (nSPS) is 11.5. The highest BCUT2D eigenvalue weighted by Crippen LogP contribution is 2.27. The zero-order valence-electron chi connectivity index (χ0n) is 19.7. The first-order valence-electron chi connectivity index (χ1n) is 11.5. The molecule has 0 fully saturated rings. The summed E-state index contributed by atoms with van der Waals surface area (Å²) in [5.41, 5.74) is 3.08. The number of hydrogen-bond donors (Lipinski definition) is 1. The number of para-hydroxylation sites is 1. The molecule has 1 N–H and O–H groups in total. The molecule has 0 aliphatic rings. The number of hydrogen-bond acceptors (Lipinski definition) is 6. The molecule has 2 heterocycles. The molecule has 7 nitrogen and oxygen atoms in total. The SMILES string of the molecule is CCc1ccc(NC(=O)CSc2nc3c(oc4ccccc43)c(=O)n2CCCOC(C)C)cc1. The molecule has 0 radical (unpaired) electrons. The second-order valence-corrected chi connectivity index (χ2v) is 9.23. The number of aryl methyl sites for hydroxylation is 1. The van der Waals surface area contributed by atoms with Gasteiger partial charge in [0.2, 0.25) is 11.5 Å². The van der Waals surface area contributed by atoms with E-state index in [2.05, 4.69) is 12.2 Å². The standard InChI is InChI=1S/C26H29N3O4S/c1-4-18-10-12-19(13-11-18)27-22(30)16-34-26-28-23-20-8-5-6-9-21(20)33-24(23)25(31)29(26)14-7-15-32-17(2)3/h5-6,8-13,17H,4,7,14-16H2,1-3H3,(H,27,30). The topological polar surface area (TPSA) is 86.4 Å². The van der Waals surface area contributed by atoms with Gasteiger partial charge in [-0.15, -0.1) is 0 Å². The lowest BCUT2D eigenvalue weighted by atomic mass is 10.1. The minimum atomic E-state index is -0.246. The highest BCUT2D eigenvalue weighted by Gasteiger charge is 2.18. The maximum atomic E-state index is 13.3. The quantitative estimate of drug-likeness (QED) is 0.190. The van der Waals surface area contributed by atoms with Crippen LogP contribution in [0.4, 0.5) is 5.69 Å². The fourth-order valence-corrected chi connectivity index (χ4v) is 4.47. The average molecular weight is 480 g/mol. The van der Waals surface area contributed by atoms with Gasteiger partial charge in [-0.25, -0.2) is 4.98 Å². The Balaban J connectivity index is 1.57. The van der Waals surface area contributed by atoms with Crippen LogP contribution in [0.3, 0.4) is 0 Å². The Bertz CT molecular complexity index is 1340. The zero-order chi connectivity index (χ0) is 24.1. The number of ether oxygens (including phenoxy) is 1. The van der Waals surface area contributed by atoms with E-state index >= 15 is 0 Å². The van der Waals surface area contributed by atoms with Crippen LogP contribution in [-0.2, 0) is 22.5 Å². The molecule has 2 aromatic carbocycles. The number of amides is 1. The molecule has 2 aromatic heterocycles. The summed E-state index contributed by atoms with van der Waals surface area (Å²) in [5.74, 6) is -0.0264. The number of nitrogens with zero attached hydrogens (tertiary/aromatic N) is 2. The van der Waals surface area contributed by atoms with Gasteiger partial charge in [-0.3, -0.25) is 14.2 Å². The summed E-state index contributed by atoms with van der Waals surface area (Å²) in [6.07, 6.45) is 1.71. The van der Waals surface area contributed by atoms with E-state index in [1.54, 1.807) is 4.57 Å². The van der Waals surface area contributed by atoms with Gasteiger partial charge in [-0.1, -0.05) is 43.0 Å². The maximum Gasteiger partial charge on any atom is 0.297 e. The third-order valence-electron chi connectivity index (χ3n) is 5.40. The summed E-state index contributed by atoms with van der Waals surface area (Å²) in [6.45, 7) is 6.99. The monoisotopic (exact) mass is 479 g/mol. The molecule has 4 rings (SSSR count). The van der Waals surface area contributed by atoms with Crippen LogP contribution in [0, 0.1) is 0 Å². The van der Waals surface area contributed by atoms with E-state index in [0.29, 0.717) is 35.8 Å². The van der Waals surface area contributed by atoms with Crippen molar-refractivity contribution in [2.45, 2.75) is 51.4 Å². The molecule has 0 saturated carbocycles. The largest absolute Gasteiger partial charge is 0.448 e. The molecule has 0 aliphatic heterocycles. The fourth-order valence-electron chi connectivity index (χ4n) is 3.65. The van der Waals surface area contributed by atoms with Crippen LogP contribution in [0.15, 0.2) is 62.9 Å². The van der Waals surface area contributed by atoms with E-state index in [0.717, 1.165) is 17.5 Å². The van der Waals surface area contributed by atoms with Crippen LogP contribution in [0.2, 0.25) is 0 Å². The zero-order valence-corrected chi connectivity index (χ0v) is 20.5. The molecule has 0 unspecified atom stereocenters. The Hall–Kier alpha value is -3.10. The molecule has 4 aromatic rings. The molecule has 0 atom stereocenters. The van der Waals surface area contributed by atoms with Crippen LogP contribution < -0.4 is 10.9 Å². The summed E-state index contributed by atoms with van der Waals surface area (Å²) < 4.78 is 13.0. The first-order valence-corrected chi connectivity index (χ1v) is 12.5. The molecule has 178 valence electrons. The van der Waals surface area contributed by atoms with Crippen LogP contribution in [0.1, 0.15) is 32.8 Å². The predicted molar refractivity (Wildman–Crippen MR) is 137 cm³/mol. The van der Waals surface area contributed by atoms with Crippen LogP contribution in [-0.4, -0.2) is 33.9 Å². The lowest BCUT2D eigenvalue weighted by molar-refractivity contribution is -0.113. The van der Waals surface area contributed by atoms with Crippen molar-refractivity contribution in [2.24, 2.45) is 0 Å². The summed E-state index contributed by atoms with van der Waals surface area (Å²) in [7, 11) is 0. The number of furan rings is 1. The van der Waals surface area contributed by atoms with Crippen molar-refractivity contribution in [1.29, 1.82) is 0 Å². The molecular formula is C26H29N3O4S. The summed E-state index contributed by atoms with van der Waals surface area (Å²) >= 11 is 1.24. The third-order valence-corrected chi connectivity index (χ3v) is 6.38. The Morgan fingerprint density at radius 2 is 1.94 bits per heavy atom. The van der Waals surface area contributed by atoms with Gasteiger partial charge < -0.3 is 14.5 Å². The molecule has 0 spiro atoms. The van der Waals surface area contributed by atoms with E-state index in [1.807, 2.05) is 62.4 Å². The molecule has 34 heavy (non-hydrogen) atoms. The summed E-state index contributed by atoms with van der Waals surface area (Å²) in [4.78, 5) is 30.7. The van der Waals surface area contributed by atoms with Crippen molar-refractivity contribution in [3.8, 4) is 0 Å². The fraction of sp³-hybridized carbons (Fsp3) is 0.346. The number of carbonyl (C=O) groups excluding carboxylic acids is 1. The number of carbonyl (C=O) groups is 1. The van der Waals surface area contributed by atoms with Gasteiger partial charge in [-0.05, 0) is 56.5 Å². The van der Waals surface area contributed by atoms with Crippen molar-refractivity contribution in [3.05, 3.63) is 64.4 Å². The maximum absolute atomic E-state index is 13.3. The molecule has 0 saturated heterocycles. The number of benzene rings is 2. The first kappa shape index (κ1) is 24.0. The second kappa shape index (κ2) is 10.9. The van der Waals surface area contributed by atoms with Crippen molar-refractivity contribution in [3.63, 3.8) is 0 Å². The lowest BCUT2D eigenvalue weighted by Crippen LogP contribution is -2.24. The van der Waals surface area contributed by atoms with Gasteiger partial charge in [0.15, 0.2) is 5.16 Å². The highest BCUT2D eigenvalue weighted by atomic mass is 32.2. The van der Waals surface area contributed by atoms with Crippen molar-refractivity contribution in [1.82, 2.24) is 9.55 Å². The Morgan fingerprint density at radius 1 is 1.18 bits per heavy atom. The molecule has 8 heteroatoms. The molecule has 0 bridgehead atoms. The molecule has 1 amide bonds. The van der Waals surface area contributed by atoms with Gasteiger partial charge >= 0.3 is 0 Å². The Labute approximate surface area is 202 Å². The van der Waals surface area contributed by atoms with E-state index in [9.17, 15) is 9.59 Å². The smallest absolute Gasteiger partial charge is 0.297 e. The van der Waals surface area contributed by atoms with Crippen LogP contribution in [0.5, 0.6) is 0 Å². The predicted octanol–water partition coefficient (Wildman–Crippen LogP) is 5.25. The number of nitrogens with one attached hydrogen (secondary N) is 1.